The average molecular weight is 417 g/mol. The van der Waals surface area contributed by atoms with Crippen molar-refractivity contribution in [1.29, 1.82) is 0 Å². The molecule has 1 aromatic carbocycles. The summed E-state index contributed by atoms with van der Waals surface area (Å²) in [5, 5.41) is 0. The van der Waals surface area contributed by atoms with Crippen LogP contribution in [-0.2, 0) is 9.53 Å². The Kier molecular flexibility index (Phi) is 6.13. The van der Waals surface area contributed by atoms with Crippen molar-refractivity contribution >= 4 is 36.3 Å². The van der Waals surface area contributed by atoms with Crippen LogP contribution in [0, 0.1) is 0 Å². The maximum Gasteiger partial charge on any atom is 0.335 e. The monoisotopic (exact) mass is 417 g/mol. The summed E-state index contributed by atoms with van der Waals surface area (Å²) < 4.78 is 7.38. The van der Waals surface area contributed by atoms with Gasteiger partial charge in [0.2, 0.25) is 0 Å². The highest BCUT2D eigenvalue weighted by Crippen LogP contribution is 2.40. The Balaban J connectivity index is 2.28. The Morgan fingerprint density at radius 2 is 2.10 bits per heavy atom. The van der Waals surface area contributed by atoms with Crippen LogP contribution < -0.4 is 0 Å². The van der Waals surface area contributed by atoms with Crippen molar-refractivity contribution in [3.05, 3.63) is 47.0 Å². The van der Waals surface area contributed by atoms with Crippen molar-refractivity contribution < 1.29 is 9.53 Å². The van der Waals surface area contributed by atoms with Gasteiger partial charge in [-0.1, -0.05) is 44.2 Å². The zero-order valence-electron chi connectivity index (χ0n) is 12.5. The molecule has 114 valence electrons. The zero-order chi connectivity index (χ0) is 15.4. The largest absolute Gasteiger partial charge is 0.463 e. The Morgan fingerprint density at radius 3 is 2.62 bits per heavy atom. The molecule has 5 heteroatoms. The lowest BCUT2D eigenvalue weighted by atomic mass is 9.96. The zero-order valence-corrected chi connectivity index (χ0v) is 15.5. The summed E-state index contributed by atoms with van der Waals surface area (Å²) in [4.78, 5) is 12.1. The average Bonchev–Trinajstić information content (AvgIpc) is 2.91. The van der Waals surface area contributed by atoms with Crippen molar-refractivity contribution in [2.24, 2.45) is 0 Å². The molecule has 0 amide bonds. The quantitative estimate of drug-likeness (QED) is 0.396. The van der Waals surface area contributed by atoms with Crippen molar-refractivity contribution in [3.63, 3.8) is 0 Å². The second kappa shape index (κ2) is 7.65. The first kappa shape index (κ1) is 16.8. The number of esters is 1. The van der Waals surface area contributed by atoms with Crippen LogP contribution in [0.1, 0.15) is 43.9 Å². The molecule has 0 aliphatic carbocycles. The van der Waals surface area contributed by atoms with Crippen LogP contribution in [0.15, 0.2) is 35.9 Å². The van der Waals surface area contributed by atoms with Gasteiger partial charge in [0, 0.05) is 27.8 Å². The van der Waals surface area contributed by atoms with E-state index in [4.69, 9.17) is 4.74 Å². The van der Waals surface area contributed by atoms with Gasteiger partial charge in [-0.25, -0.2) is 9.10 Å². The van der Waals surface area contributed by atoms with Gasteiger partial charge in [-0.15, -0.1) is 0 Å². The number of ether oxygens (including phenoxy) is 1. The van der Waals surface area contributed by atoms with Crippen molar-refractivity contribution in [3.8, 4) is 0 Å². The summed E-state index contributed by atoms with van der Waals surface area (Å²) in [6.45, 7) is 7.37. The number of carbonyl (C=O) groups is 1. The van der Waals surface area contributed by atoms with Gasteiger partial charge in [-0.05, 0) is 33.1 Å². The number of benzene rings is 1. The van der Waals surface area contributed by atoms with E-state index in [1.54, 1.807) is 9.12 Å². The van der Waals surface area contributed by atoms with E-state index in [1.807, 2.05) is 13.0 Å². The van der Waals surface area contributed by atoms with Gasteiger partial charge < -0.3 is 4.74 Å². The molecule has 2 rings (SSSR count). The molecular weight excluding hydrogens is 397 g/mol. The van der Waals surface area contributed by atoms with E-state index in [0.717, 1.165) is 17.7 Å². The minimum absolute atomic E-state index is 0.0211. The molecule has 0 radical (unpaired) electrons. The molecule has 1 aliphatic heterocycles. The lowest BCUT2D eigenvalue weighted by Crippen LogP contribution is -2.21. The highest BCUT2D eigenvalue weighted by Gasteiger charge is 2.33. The Morgan fingerprint density at radius 1 is 1.43 bits per heavy atom. The molecule has 0 saturated carbocycles. The first-order valence-electron chi connectivity index (χ1n) is 7.10. The Hall–Kier alpha value is -0.530. The maximum absolute atomic E-state index is 12.1. The molecule has 0 bridgehead atoms. The molecule has 0 fully saturated rings. The number of hydrogen-bond acceptors (Lipinski definition) is 4. The van der Waals surface area contributed by atoms with Gasteiger partial charge in [0.05, 0.1) is 18.2 Å². The van der Waals surface area contributed by atoms with E-state index in [0.29, 0.717) is 12.5 Å². The second-order valence-electron chi connectivity index (χ2n) is 5.27. The molecule has 0 spiro atoms. The first-order valence-corrected chi connectivity index (χ1v) is 10.4. The fourth-order valence-corrected chi connectivity index (χ4v) is 4.06. The number of halogens is 1. The van der Waals surface area contributed by atoms with Crippen LogP contribution in [0.25, 0.3) is 0 Å². The highest BCUT2D eigenvalue weighted by atomic mass is 127. The van der Waals surface area contributed by atoms with Crippen molar-refractivity contribution in [2.75, 3.05) is 13.2 Å². The molecule has 1 aromatic rings. The third kappa shape index (κ3) is 3.81. The minimum Gasteiger partial charge on any atom is -0.463 e. The fraction of sp³-hybridized carbons (Fsp3) is 0.438. The Bertz CT molecular complexity index is 528. The number of carbonyl (C=O) groups excluding carboxylic acids is 1. The van der Waals surface area contributed by atoms with Gasteiger partial charge >= 0.3 is 5.97 Å². The lowest BCUT2D eigenvalue weighted by molar-refractivity contribution is -0.138. The molecule has 1 heterocycles. The van der Waals surface area contributed by atoms with Crippen LogP contribution in [0.5, 0.6) is 0 Å². The van der Waals surface area contributed by atoms with E-state index in [2.05, 4.69) is 63.6 Å². The molecule has 1 atom stereocenters. The Labute approximate surface area is 142 Å². The fourth-order valence-electron chi connectivity index (χ4n) is 2.45. The molecule has 3 nitrogen and oxygen atoms in total. The van der Waals surface area contributed by atoms with Crippen LogP contribution in [-0.4, -0.2) is 23.4 Å². The number of rotatable bonds is 5. The molecule has 0 N–H and O–H groups in total. The van der Waals surface area contributed by atoms with Gasteiger partial charge in [0.15, 0.2) is 0 Å². The van der Waals surface area contributed by atoms with Gasteiger partial charge in [0.25, 0.3) is 0 Å². The van der Waals surface area contributed by atoms with Crippen molar-refractivity contribution in [1.82, 2.24) is 4.31 Å². The predicted molar refractivity (Wildman–Crippen MR) is 96.3 cm³/mol. The normalized spacial score (nSPS) is 18.9. The molecule has 1 aliphatic rings. The van der Waals surface area contributed by atoms with E-state index in [1.165, 1.54) is 5.56 Å². The maximum atomic E-state index is 12.1. The summed E-state index contributed by atoms with van der Waals surface area (Å²) in [7, 11) is 1.63. The summed E-state index contributed by atoms with van der Waals surface area (Å²) in [6, 6.07) is 8.53. The van der Waals surface area contributed by atoms with Crippen LogP contribution in [0.4, 0.5) is 0 Å². The summed E-state index contributed by atoms with van der Waals surface area (Å²) in [5.41, 5.74) is 3.20. The smallest absolute Gasteiger partial charge is 0.335 e. The molecule has 1 unspecified atom stereocenters. The summed E-state index contributed by atoms with van der Waals surface area (Å²) >= 11 is 2.26. The summed E-state index contributed by atoms with van der Waals surface area (Å²) in [5.74, 6) is 0.307. The second-order valence-corrected chi connectivity index (χ2v) is 7.06. The minimum atomic E-state index is -0.205. The molecule has 21 heavy (non-hydrogen) atoms. The third-order valence-corrected chi connectivity index (χ3v) is 5.65. The van der Waals surface area contributed by atoms with Crippen LogP contribution in [0.2, 0.25) is 0 Å². The van der Waals surface area contributed by atoms with Gasteiger partial charge in [-0.3, -0.25) is 0 Å². The highest BCUT2D eigenvalue weighted by molar-refractivity contribution is 14.2. The first-order chi connectivity index (χ1) is 10.1. The van der Waals surface area contributed by atoms with E-state index in [-0.39, 0.29) is 12.0 Å². The van der Waals surface area contributed by atoms with Gasteiger partial charge in [-0.2, -0.15) is 0 Å². The van der Waals surface area contributed by atoms with Crippen molar-refractivity contribution in [2.45, 2.75) is 32.7 Å². The van der Waals surface area contributed by atoms with E-state index < -0.39 is 0 Å². The van der Waals surface area contributed by atoms with Crippen LogP contribution in [0.3, 0.4) is 0 Å². The third-order valence-electron chi connectivity index (χ3n) is 3.59. The lowest BCUT2D eigenvalue weighted by Gasteiger charge is -2.24. The number of hydrogen-bond donors (Lipinski definition) is 0. The summed E-state index contributed by atoms with van der Waals surface area (Å²) in [6.07, 6.45) is 1.98. The topological polar surface area (TPSA) is 29.5 Å². The molecule has 0 saturated heterocycles. The number of nitrogens with zero attached hydrogens (tertiary/aromatic N) is 1. The van der Waals surface area contributed by atoms with E-state index in [9.17, 15) is 4.79 Å². The standard InChI is InChI=1S/C16H20INO2S/c1-4-20-16(19)14-9-10-18(21-17)15(14)13-7-5-12(6-8-13)11(2)3/h5-9,11,15H,4,10H2,1-3H3. The van der Waals surface area contributed by atoms with Gasteiger partial charge in [0.1, 0.15) is 0 Å². The van der Waals surface area contributed by atoms with E-state index >= 15 is 0 Å². The predicted octanol–water partition coefficient (Wildman–Crippen LogP) is 4.65. The SMILES string of the molecule is CCOC(=O)C1=CCN(SI)C1c1ccc(C(C)C)cc1. The molecular formula is C16H20INO2S. The van der Waals surface area contributed by atoms with Crippen LogP contribution >= 0.6 is 30.3 Å². The molecule has 0 aromatic heterocycles.